The van der Waals surface area contributed by atoms with Gasteiger partial charge in [-0.2, -0.15) is 44.5 Å². The van der Waals surface area contributed by atoms with Crippen molar-refractivity contribution in [3.63, 3.8) is 0 Å². The van der Waals surface area contributed by atoms with Crippen LogP contribution in [0.25, 0.3) is 21.8 Å². The van der Waals surface area contributed by atoms with Crippen molar-refractivity contribution < 1.29 is 74.0 Å². The Hall–Kier alpha value is -6.49. The van der Waals surface area contributed by atoms with E-state index in [0.717, 1.165) is 53.1 Å². The number of aliphatic carboxylic acids is 3. The number of fused-ring (bicyclic) bond motifs is 2. The van der Waals surface area contributed by atoms with Crippen LogP contribution in [0.1, 0.15) is 41.6 Å². The lowest BCUT2D eigenvalue weighted by molar-refractivity contribution is -0.193. The van der Waals surface area contributed by atoms with Gasteiger partial charge in [-0.05, 0) is 56.2 Å². The van der Waals surface area contributed by atoms with E-state index in [-0.39, 0.29) is 29.9 Å². The lowest BCUT2D eigenvalue weighted by Gasteiger charge is -2.30. The SMILES string of the molecule is Cc1ccc2nc(NC(=O)c3ccc4ncccc4c3)nc(NC3CCCCC3N=C(N)N)c2c1.O=C(O)C(F)(F)F.O=C(O)C(F)(F)F.O=C(O)C(F)(F)F. The second-order valence-corrected chi connectivity index (χ2v) is 11.3. The summed E-state index contributed by atoms with van der Waals surface area (Å²) in [4.78, 5) is 57.8. The average Bonchev–Trinajstić information content (AvgIpc) is 3.08. The number of guanidine groups is 1. The van der Waals surface area contributed by atoms with Crippen LogP contribution in [0.5, 0.6) is 0 Å². The van der Waals surface area contributed by atoms with Crippen LogP contribution >= 0.6 is 0 Å². The van der Waals surface area contributed by atoms with Crippen LogP contribution in [0.4, 0.5) is 51.3 Å². The third-order valence-corrected chi connectivity index (χ3v) is 7.04. The minimum absolute atomic E-state index is 0.0287. The summed E-state index contributed by atoms with van der Waals surface area (Å²) < 4.78 is 95.2. The van der Waals surface area contributed by atoms with Crippen LogP contribution in [0.15, 0.2) is 59.7 Å². The van der Waals surface area contributed by atoms with Gasteiger partial charge in [0, 0.05) is 22.5 Å². The van der Waals surface area contributed by atoms with Gasteiger partial charge in [0.25, 0.3) is 5.91 Å². The Balaban J connectivity index is 0.000000423. The molecule has 9 N–H and O–H groups in total. The molecule has 0 radical (unpaired) electrons. The van der Waals surface area contributed by atoms with Crippen molar-refractivity contribution in [2.45, 2.75) is 63.2 Å². The summed E-state index contributed by atoms with van der Waals surface area (Å²) in [6, 6.07) is 15.1. The number of nitrogens with zero attached hydrogens (tertiary/aromatic N) is 4. The number of aliphatic imine (C=N–C) groups is 1. The van der Waals surface area contributed by atoms with Gasteiger partial charge in [-0.1, -0.05) is 30.5 Å². The Bertz CT molecular complexity index is 2000. The predicted octanol–water partition coefficient (Wildman–Crippen LogP) is 5.64. The highest BCUT2D eigenvalue weighted by atomic mass is 19.4. The average molecular weight is 811 g/mol. The number of alkyl halides is 9. The van der Waals surface area contributed by atoms with Crippen molar-refractivity contribution in [1.82, 2.24) is 15.0 Å². The second-order valence-electron chi connectivity index (χ2n) is 11.3. The number of benzene rings is 2. The van der Waals surface area contributed by atoms with E-state index in [2.05, 4.69) is 25.6 Å². The fourth-order valence-corrected chi connectivity index (χ4v) is 4.60. The first kappa shape index (κ1) is 45.7. The maximum atomic E-state index is 13.0. The number of carboxylic acid groups (broad SMARTS) is 3. The fourth-order valence-electron chi connectivity index (χ4n) is 4.60. The van der Waals surface area contributed by atoms with Crippen molar-refractivity contribution in [3.05, 3.63) is 65.9 Å². The largest absolute Gasteiger partial charge is 0.490 e. The topological polar surface area (TPSA) is 256 Å². The monoisotopic (exact) mass is 810 g/mol. The third kappa shape index (κ3) is 14.7. The Kier molecular flexibility index (Phi) is 15.7. The van der Waals surface area contributed by atoms with Crippen molar-refractivity contribution >= 4 is 63.3 Å². The van der Waals surface area contributed by atoms with Gasteiger partial charge in [0.15, 0.2) is 5.96 Å². The highest BCUT2D eigenvalue weighted by Crippen LogP contribution is 2.29. The molecule has 2 unspecified atom stereocenters. The summed E-state index contributed by atoms with van der Waals surface area (Å²) in [6.45, 7) is 2.02. The number of carbonyl (C=O) groups is 4. The highest BCUT2D eigenvalue weighted by molar-refractivity contribution is 6.06. The zero-order chi connectivity index (χ0) is 42.6. The van der Waals surface area contributed by atoms with E-state index in [1.165, 1.54) is 0 Å². The van der Waals surface area contributed by atoms with Crippen molar-refractivity contribution in [3.8, 4) is 0 Å². The molecule has 1 amide bonds. The zero-order valence-electron chi connectivity index (χ0n) is 28.5. The van der Waals surface area contributed by atoms with Crippen LogP contribution < -0.4 is 22.1 Å². The molecular weight excluding hydrogens is 779 g/mol. The maximum Gasteiger partial charge on any atom is 0.490 e. The van der Waals surface area contributed by atoms with Gasteiger partial charge in [0.1, 0.15) is 5.82 Å². The number of carboxylic acids is 3. The minimum atomic E-state index is -5.08. The number of aryl methyl sites for hydroxylation is 1. The molecule has 1 saturated carbocycles. The molecule has 4 aromatic rings. The van der Waals surface area contributed by atoms with Gasteiger partial charge in [-0.25, -0.2) is 24.4 Å². The number of amides is 1. The minimum Gasteiger partial charge on any atom is -0.475 e. The van der Waals surface area contributed by atoms with Crippen LogP contribution in [0.3, 0.4) is 0 Å². The standard InChI is InChI=1S/C26H28N8O.3C2HF3O2/c1-15-8-10-20-18(13-15)23(30-21-6-2-3-7-22(21)31-25(27)28)33-26(32-20)34-24(35)17-9-11-19-16(14-17)5-4-12-29-19;3*3-2(4,5)1(6)7/h4-5,8-14,21-22H,2-3,6-7H2,1H3,(H4,27,28,31)(H2,30,32,33,34,35);3*(H,6,7). The quantitative estimate of drug-likeness (QED) is 0.0733. The molecule has 0 spiro atoms. The van der Waals surface area contributed by atoms with Crippen LogP contribution in [0.2, 0.25) is 0 Å². The number of carbonyl (C=O) groups excluding carboxylic acids is 1. The molecule has 2 aromatic carbocycles. The number of pyridine rings is 1. The Morgan fingerprint density at radius 1 is 0.768 bits per heavy atom. The molecule has 24 heteroatoms. The van der Waals surface area contributed by atoms with Crippen LogP contribution in [0, 0.1) is 6.92 Å². The summed E-state index contributed by atoms with van der Waals surface area (Å²) >= 11 is 0. The van der Waals surface area contributed by atoms with Crippen LogP contribution in [-0.4, -0.2) is 90.7 Å². The summed E-state index contributed by atoms with van der Waals surface area (Å²) in [5, 5.41) is 29.6. The molecule has 2 aromatic heterocycles. The first-order chi connectivity index (χ1) is 25.8. The van der Waals surface area contributed by atoms with Gasteiger partial charge in [0.2, 0.25) is 5.95 Å². The number of hydrogen-bond donors (Lipinski definition) is 7. The molecule has 1 aliphatic carbocycles. The number of rotatable bonds is 5. The molecule has 2 atom stereocenters. The van der Waals surface area contributed by atoms with Gasteiger partial charge in [-0.3, -0.25) is 15.1 Å². The first-order valence-electron chi connectivity index (χ1n) is 15.5. The van der Waals surface area contributed by atoms with E-state index in [1.54, 1.807) is 12.3 Å². The van der Waals surface area contributed by atoms with Crippen LogP contribution in [-0.2, 0) is 14.4 Å². The Morgan fingerprint density at radius 2 is 1.30 bits per heavy atom. The molecule has 56 heavy (non-hydrogen) atoms. The number of halogens is 9. The van der Waals surface area contributed by atoms with Gasteiger partial charge in [0.05, 0.1) is 23.1 Å². The fraction of sp³-hybridized carbons (Fsp3) is 0.312. The summed E-state index contributed by atoms with van der Waals surface area (Å²) in [5.74, 6) is -7.59. The van der Waals surface area contributed by atoms with Gasteiger partial charge < -0.3 is 32.1 Å². The molecule has 15 nitrogen and oxygen atoms in total. The molecular formula is C32H31F9N8O7. The van der Waals surface area contributed by atoms with Crippen molar-refractivity contribution in [2.75, 3.05) is 10.6 Å². The number of anilines is 2. The summed E-state index contributed by atoms with van der Waals surface area (Å²) in [5.41, 5.74) is 14.5. The number of nitrogens with one attached hydrogen (secondary N) is 2. The molecule has 2 heterocycles. The normalized spacial score (nSPS) is 15.3. The first-order valence-corrected chi connectivity index (χ1v) is 15.5. The number of hydrogen-bond acceptors (Lipinski definition) is 9. The lowest BCUT2D eigenvalue weighted by atomic mass is 9.90. The predicted molar refractivity (Wildman–Crippen MR) is 181 cm³/mol. The molecule has 5 rings (SSSR count). The molecule has 0 aliphatic heterocycles. The van der Waals surface area contributed by atoms with E-state index in [4.69, 9.17) is 46.2 Å². The van der Waals surface area contributed by atoms with E-state index in [9.17, 15) is 44.3 Å². The van der Waals surface area contributed by atoms with Crippen molar-refractivity contribution in [2.24, 2.45) is 16.5 Å². The zero-order valence-corrected chi connectivity index (χ0v) is 28.5. The van der Waals surface area contributed by atoms with E-state index >= 15 is 0 Å². The lowest BCUT2D eigenvalue weighted by Crippen LogP contribution is -2.38. The van der Waals surface area contributed by atoms with Gasteiger partial charge in [-0.15, -0.1) is 0 Å². The molecule has 1 fully saturated rings. The maximum absolute atomic E-state index is 13.0. The Labute approximate surface area is 308 Å². The van der Waals surface area contributed by atoms with E-state index in [1.807, 2.05) is 49.4 Å². The van der Waals surface area contributed by atoms with E-state index in [0.29, 0.717) is 11.4 Å². The van der Waals surface area contributed by atoms with E-state index < -0.39 is 36.4 Å². The molecule has 0 bridgehead atoms. The molecule has 0 saturated heterocycles. The summed E-state index contributed by atoms with van der Waals surface area (Å²) in [6.07, 6.45) is -9.54. The second kappa shape index (κ2) is 19.2. The van der Waals surface area contributed by atoms with Gasteiger partial charge >= 0.3 is 36.4 Å². The summed E-state index contributed by atoms with van der Waals surface area (Å²) in [7, 11) is 0. The Morgan fingerprint density at radius 3 is 1.84 bits per heavy atom. The number of aromatic nitrogens is 3. The van der Waals surface area contributed by atoms with Crippen molar-refractivity contribution in [1.29, 1.82) is 0 Å². The third-order valence-electron chi connectivity index (χ3n) is 7.04. The smallest absolute Gasteiger partial charge is 0.475 e. The highest BCUT2D eigenvalue weighted by Gasteiger charge is 2.39. The molecule has 304 valence electrons. The number of nitrogens with two attached hydrogens (primary N) is 2. The molecule has 1 aliphatic rings.